The van der Waals surface area contributed by atoms with Gasteiger partial charge in [0.05, 0.1) is 0 Å². The van der Waals surface area contributed by atoms with Crippen molar-refractivity contribution in [2.75, 3.05) is 0 Å². The number of Topliss-reactive ketones (excluding diaryl/α,β-unsaturated/α-hetero) is 1. The van der Waals surface area contributed by atoms with E-state index in [9.17, 15) is 4.79 Å². The van der Waals surface area contributed by atoms with E-state index in [1.54, 1.807) is 0 Å². The minimum absolute atomic E-state index is 0.134. The maximum absolute atomic E-state index is 11.5. The molecule has 0 spiro atoms. The number of carbonyl (C=O) groups is 1. The van der Waals surface area contributed by atoms with Crippen LogP contribution in [-0.4, -0.2) is 5.78 Å². The van der Waals surface area contributed by atoms with Crippen LogP contribution in [0.1, 0.15) is 33.6 Å². The first-order chi connectivity index (χ1) is 5.05. The van der Waals surface area contributed by atoms with E-state index in [0.29, 0.717) is 17.6 Å². The average molecular weight is 152 g/mol. The molecule has 1 nitrogen and oxygen atoms in total. The van der Waals surface area contributed by atoms with E-state index in [2.05, 4.69) is 20.8 Å². The molecule has 0 aromatic heterocycles. The molecule has 2 saturated carbocycles. The van der Waals surface area contributed by atoms with Gasteiger partial charge in [0.1, 0.15) is 5.78 Å². The molecule has 2 aliphatic carbocycles. The summed E-state index contributed by atoms with van der Waals surface area (Å²) in [6.07, 6.45) is 2.04. The Kier molecular flexibility index (Phi) is 1.25. The molecule has 0 unspecified atom stereocenters. The summed E-state index contributed by atoms with van der Waals surface area (Å²) in [5, 5.41) is 0. The fourth-order valence-electron chi connectivity index (χ4n) is 2.63. The smallest absolute Gasteiger partial charge is 0.139 e. The van der Waals surface area contributed by atoms with E-state index in [-0.39, 0.29) is 5.41 Å². The molecule has 0 aliphatic heterocycles. The van der Waals surface area contributed by atoms with Crippen molar-refractivity contribution in [2.45, 2.75) is 33.6 Å². The van der Waals surface area contributed by atoms with Gasteiger partial charge >= 0.3 is 0 Å². The fourth-order valence-corrected chi connectivity index (χ4v) is 2.63. The molecular weight excluding hydrogens is 136 g/mol. The number of rotatable bonds is 1. The summed E-state index contributed by atoms with van der Waals surface area (Å²) in [5.74, 6) is 2.68. The SMILES string of the molecule is CC(C)[C@@H]1CC(=O)[C@@]2(C)C[C@@H]12. The Morgan fingerprint density at radius 1 is 1.55 bits per heavy atom. The van der Waals surface area contributed by atoms with Crippen LogP contribution in [0.5, 0.6) is 0 Å². The van der Waals surface area contributed by atoms with Crippen molar-refractivity contribution < 1.29 is 4.79 Å². The maximum atomic E-state index is 11.5. The molecular formula is C10H16O. The van der Waals surface area contributed by atoms with Crippen LogP contribution in [0.3, 0.4) is 0 Å². The van der Waals surface area contributed by atoms with Crippen molar-refractivity contribution in [3.63, 3.8) is 0 Å². The van der Waals surface area contributed by atoms with E-state index in [4.69, 9.17) is 0 Å². The van der Waals surface area contributed by atoms with Gasteiger partial charge < -0.3 is 0 Å². The minimum atomic E-state index is 0.134. The molecule has 0 N–H and O–H groups in total. The summed E-state index contributed by atoms with van der Waals surface area (Å²) in [6.45, 7) is 6.62. The Labute approximate surface area is 68.2 Å². The highest BCUT2D eigenvalue weighted by atomic mass is 16.1. The van der Waals surface area contributed by atoms with Crippen molar-refractivity contribution in [1.29, 1.82) is 0 Å². The molecule has 2 rings (SSSR count). The van der Waals surface area contributed by atoms with Gasteiger partial charge in [-0.2, -0.15) is 0 Å². The Hall–Kier alpha value is -0.330. The van der Waals surface area contributed by atoms with E-state index in [1.807, 2.05) is 0 Å². The molecule has 0 radical (unpaired) electrons. The molecule has 1 heteroatoms. The number of hydrogen-bond donors (Lipinski definition) is 0. The van der Waals surface area contributed by atoms with Gasteiger partial charge in [-0.15, -0.1) is 0 Å². The molecule has 0 heterocycles. The largest absolute Gasteiger partial charge is 0.299 e. The Morgan fingerprint density at radius 2 is 2.18 bits per heavy atom. The number of carbonyl (C=O) groups excluding carboxylic acids is 1. The lowest BCUT2D eigenvalue weighted by molar-refractivity contribution is -0.122. The van der Waals surface area contributed by atoms with E-state index in [1.165, 1.54) is 6.42 Å². The van der Waals surface area contributed by atoms with Gasteiger partial charge in [-0.3, -0.25) is 4.79 Å². The van der Waals surface area contributed by atoms with Crippen molar-refractivity contribution >= 4 is 5.78 Å². The van der Waals surface area contributed by atoms with Crippen molar-refractivity contribution in [2.24, 2.45) is 23.2 Å². The van der Waals surface area contributed by atoms with Crippen molar-refractivity contribution in [3.05, 3.63) is 0 Å². The lowest BCUT2D eigenvalue weighted by Gasteiger charge is -2.13. The highest BCUT2D eigenvalue weighted by molar-refractivity contribution is 5.90. The zero-order valence-electron chi connectivity index (χ0n) is 7.55. The molecule has 3 atom stereocenters. The first-order valence-corrected chi connectivity index (χ1v) is 4.59. The first-order valence-electron chi connectivity index (χ1n) is 4.59. The van der Waals surface area contributed by atoms with Crippen LogP contribution >= 0.6 is 0 Å². The molecule has 0 aromatic carbocycles. The summed E-state index contributed by atoms with van der Waals surface area (Å²) >= 11 is 0. The van der Waals surface area contributed by atoms with Crippen LogP contribution in [0.15, 0.2) is 0 Å². The summed E-state index contributed by atoms with van der Waals surface area (Å²) in [6, 6.07) is 0. The fraction of sp³-hybridized carbons (Fsp3) is 0.900. The lowest BCUT2D eigenvalue weighted by atomic mass is 9.91. The van der Waals surface area contributed by atoms with Gasteiger partial charge in [-0.05, 0) is 24.2 Å². The predicted octanol–water partition coefficient (Wildman–Crippen LogP) is 2.26. The summed E-state index contributed by atoms with van der Waals surface area (Å²) < 4.78 is 0. The molecule has 62 valence electrons. The minimum Gasteiger partial charge on any atom is -0.299 e. The molecule has 2 aliphatic rings. The van der Waals surface area contributed by atoms with Crippen LogP contribution in [-0.2, 0) is 4.79 Å². The van der Waals surface area contributed by atoms with E-state index in [0.717, 1.165) is 12.3 Å². The van der Waals surface area contributed by atoms with Crippen molar-refractivity contribution in [1.82, 2.24) is 0 Å². The van der Waals surface area contributed by atoms with Crippen molar-refractivity contribution in [3.8, 4) is 0 Å². The highest BCUT2D eigenvalue weighted by Gasteiger charge is 2.64. The molecule has 11 heavy (non-hydrogen) atoms. The van der Waals surface area contributed by atoms with Gasteiger partial charge in [0.25, 0.3) is 0 Å². The van der Waals surface area contributed by atoms with E-state index < -0.39 is 0 Å². The monoisotopic (exact) mass is 152 g/mol. The average Bonchev–Trinajstić information content (AvgIpc) is 2.51. The van der Waals surface area contributed by atoms with Crippen LogP contribution < -0.4 is 0 Å². The van der Waals surface area contributed by atoms with E-state index >= 15 is 0 Å². The second-order valence-electron chi connectivity index (χ2n) is 4.76. The second-order valence-corrected chi connectivity index (χ2v) is 4.76. The zero-order chi connectivity index (χ0) is 8.22. The summed E-state index contributed by atoms with van der Waals surface area (Å²) in [5.41, 5.74) is 0.134. The Morgan fingerprint density at radius 3 is 2.36 bits per heavy atom. The van der Waals surface area contributed by atoms with Gasteiger partial charge in [0, 0.05) is 11.8 Å². The van der Waals surface area contributed by atoms with Gasteiger partial charge in [-0.25, -0.2) is 0 Å². The third-order valence-corrected chi connectivity index (χ3v) is 3.73. The van der Waals surface area contributed by atoms with Crippen LogP contribution in [0.25, 0.3) is 0 Å². The number of fused-ring (bicyclic) bond motifs is 1. The standard InChI is InChI=1S/C10H16O/c1-6(2)7-4-9(11)10(3)5-8(7)10/h6-8H,4-5H2,1-3H3/t7-,8-,10-/m0/s1. The Balaban J connectivity index is 2.16. The molecule has 0 amide bonds. The first kappa shape index (κ1) is 7.33. The molecule has 0 bridgehead atoms. The number of hydrogen-bond acceptors (Lipinski definition) is 1. The quantitative estimate of drug-likeness (QED) is 0.563. The summed E-state index contributed by atoms with van der Waals surface area (Å²) in [4.78, 5) is 11.5. The third kappa shape index (κ3) is 0.800. The zero-order valence-corrected chi connectivity index (χ0v) is 7.55. The van der Waals surface area contributed by atoms with Crippen LogP contribution in [0.2, 0.25) is 0 Å². The van der Waals surface area contributed by atoms with Gasteiger partial charge in [-0.1, -0.05) is 20.8 Å². The lowest BCUT2D eigenvalue weighted by Crippen LogP contribution is -2.10. The predicted molar refractivity (Wildman–Crippen MR) is 44.2 cm³/mol. The normalized spacial score (nSPS) is 48.2. The maximum Gasteiger partial charge on any atom is 0.139 e. The number of ketones is 1. The molecule has 0 saturated heterocycles. The van der Waals surface area contributed by atoms with Crippen LogP contribution in [0.4, 0.5) is 0 Å². The second kappa shape index (κ2) is 1.88. The summed E-state index contributed by atoms with van der Waals surface area (Å²) in [7, 11) is 0. The molecule has 0 aromatic rings. The third-order valence-electron chi connectivity index (χ3n) is 3.73. The molecule has 2 fully saturated rings. The van der Waals surface area contributed by atoms with Gasteiger partial charge in [0.2, 0.25) is 0 Å². The topological polar surface area (TPSA) is 17.1 Å². The highest BCUT2D eigenvalue weighted by Crippen LogP contribution is 2.65. The van der Waals surface area contributed by atoms with Gasteiger partial charge in [0.15, 0.2) is 0 Å². The van der Waals surface area contributed by atoms with Crippen LogP contribution in [0, 0.1) is 23.2 Å². The Bertz CT molecular complexity index is 207.